The van der Waals surface area contributed by atoms with Crippen LogP contribution in [0, 0.1) is 0 Å². The molecule has 0 aliphatic rings. The van der Waals surface area contributed by atoms with Crippen LogP contribution in [0.3, 0.4) is 0 Å². The third-order valence-electron chi connectivity index (χ3n) is 2.63. The van der Waals surface area contributed by atoms with Crippen molar-refractivity contribution in [3.05, 3.63) is 59.7 Å². The fourth-order valence-electron chi connectivity index (χ4n) is 1.67. The molecule has 2 aromatic rings. The Hall–Kier alpha value is -2.53. The molecule has 0 atom stereocenters. The van der Waals surface area contributed by atoms with Crippen molar-refractivity contribution in [2.45, 2.75) is 6.61 Å². The molecular formula is C14H14N2O3. The van der Waals surface area contributed by atoms with Gasteiger partial charge in [0, 0.05) is 5.56 Å². The van der Waals surface area contributed by atoms with E-state index < -0.39 is 0 Å². The molecule has 0 aliphatic carbocycles. The van der Waals surface area contributed by atoms with E-state index in [1.54, 1.807) is 42.5 Å². The topological polar surface area (TPSA) is 88.1 Å². The average Bonchev–Trinajstić information content (AvgIpc) is 2.47. The largest absolute Gasteiger partial charge is 0.456 e. The zero-order valence-corrected chi connectivity index (χ0v) is 10.2. The fraction of sp³-hybridized carbons (Fsp3) is 0.0714. The van der Waals surface area contributed by atoms with Gasteiger partial charge in [0.25, 0.3) is 0 Å². The summed E-state index contributed by atoms with van der Waals surface area (Å²) in [7, 11) is 0. The van der Waals surface area contributed by atoms with E-state index in [1.165, 1.54) is 0 Å². The Morgan fingerprint density at radius 3 is 2.37 bits per heavy atom. The summed E-state index contributed by atoms with van der Waals surface area (Å²) in [6, 6.07) is 14.1. The lowest BCUT2D eigenvalue weighted by atomic mass is 10.1. The highest BCUT2D eigenvalue weighted by Crippen LogP contribution is 2.27. The van der Waals surface area contributed by atoms with Crippen LogP contribution >= 0.6 is 0 Å². The van der Waals surface area contributed by atoms with Crippen LogP contribution in [0.1, 0.15) is 11.1 Å². The van der Waals surface area contributed by atoms with E-state index in [1.807, 2.05) is 6.07 Å². The van der Waals surface area contributed by atoms with Gasteiger partial charge in [0.1, 0.15) is 11.5 Å². The Bertz CT molecular complexity index is 597. The lowest BCUT2D eigenvalue weighted by molar-refractivity contribution is 0.276. The highest BCUT2D eigenvalue weighted by atomic mass is 16.5. The van der Waals surface area contributed by atoms with E-state index in [0.717, 1.165) is 0 Å². The second kappa shape index (κ2) is 5.88. The molecule has 2 aromatic carbocycles. The number of amidine groups is 1. The maximum Gasteiger partial charge on any atom is 0.173 e. The van der Waals surface area contributed by atoms with Crippen LogP contribution in [0.2, 0.25) is 0 Å². The molecule has 0 amide bonds. The van der Waals surface area contributed by atoms with Gasteiger partial charge >= 0.3 is 0 Å². The third-order valence-corrected chi connectivity index (χ3v) is 2.63. The Balaban J connectivity index is 2.39. The molecule has 19 heavy (non-hydrogen) atoms. The number of rotatable bonds is 4. The minimum absolute atomic E-state index is 0.0305. The SMILES string of the molecule is NC(=NO)c1ccccc1Oc1ccccc1CO. The lowest BCUT2D eigenvalue weighted by Gasteiger charge is -2.12. The van der Waals surface area contributed by atoms with Crippen molar-refractivity contribution in [2.24, 2.45) is 10.9 Å². The van der Waals surface area contributed by atoms with Crippen LogP contribution < -0.4 is 10.5 Å². The maximum absolute atomic E-state index is 9.25. The minimum atomic E-state index is -0.123. The van der Waals surface area contributed by atoms with Gasteiger partial charge in [-0.2, -0.15) is 0 Å². The quantitative estimate of drug-likeness (QED) is 0.339. The minimum Gasteiger partial charge on any atom is -0.456 e. The first-order valence-electron chi connectivity index (χ1n) is 5.70. The molecule has 0 spiro atoms. The number of nitrogens with zero attached hydrogens (tertiary/aromatic N) is 1. The van der Waals surface area contributed by atoms with Crippen molar-refractivity contribution < 1.29 is 15.1 Å². The Morgan fingerprint density at radius 2 is 1.68 bits per heavy atom. The van der Waals surface area contributed by atoms with E-state index in [2.05, 4.69) is 5.16 Å². The van der Waals surface area contributed by atoms with Gasteiger partial charge in [-0.05, 0) is 18.2 Å². The first-order valence-corrected chi connectivity index (χ1v) is 5.70. The van der Waals surface area contributed by atoms with Gasteiger partial charge in [-0.15, -0.1) is 0 Å². The summed E-state index contributed by atoms with van der Waals surface area (Å²) in [5.74, 6) is 0.957. The molecule has 0 bridgehead atoms. The molecule has 0 radical (unpaired) electrons. The first kappa shape index (κ1) is 12.9. The zero-order chi connectivity index (χ0) is 13.7. The van der Waals surface area contributed by atoms with Crippen LogP contribution in [0.15, 0.2) is 53.7 Å². The Labute approximate surface area is 110 Å². The van der Waals surface area contributed by atoms with Gasteiger partial charge in [-0.1, -0.05) is 35.5 Å². The molecule has 0 saturated carbocycles. The highest BCUT2D eigenvalue weighted by Gasteiger charge is 2.10. The summed E-state index contributed by atoms with van der Waals surface area (Å²) in [4.78, 5) is 0. The molecular weight excluding hydrogens is 244 g/mol. The van der Waals surface area contributed by atoms with Gasteiger partial charge in [-0.3, -0.25) is 0 Å². The van der Waals surface area contributed by atoms with Crippen LogP contribution in [0.5, 0.6) is 11.5 Å². The average molecular weight is 258 g/mol. The molecule has 98 valence electrons. The summed E-state index contributed by atoms with van der Waals surface area (Å²) in [5.41, 5.74) is 6.74. The number of aliphatic hydroxyl groups excluding tert-OH is 1. The summed E-state index contributed by atoms with van der Waals surface area (Å²) in [6.07, 6.45) is 0. The van der Waals surface area contributed by atoms with Crippen LogP contribution in [0.25, 0.3) is 0 Å². The molecule has 2 rings (SSSR count). The summed E-state index contributed by atoms with van der Waals surface area (Å²) in [6.45, 7) is -0.123. The van der Waals surface area contributed by atoms with Crippen molar-refractivity contribution in [3.63, 3.8) is 0 Å². The number of para-hydroxylation sites is 2. The van der Waals surface area contributed by atoms with Gasteiger partial charge in [0.2, 0.25) is 0 Å². The normalized spacial score (nSPS) is 11.3. The third kappa shape index (κ3) is 2.83. The second-order valence-electron chi connectivity index (χ2n) is 3.85. The number of aliphatic hydroxyl groups is 1. The van der Waals surface area contributed by atoms with E-state index in [9.17, 15) is 5.11 Å². The standard InChI is InChI=1S/C14H14N2O3/c15-14(16-18)11-6-2-4-8-13(11)19-12-7-3-1-5-10(12)9-17/h1-8,17-18H,9H2,(H2,15,16). The van der Waals surface area contributed by atoms with E-state index in [4.69, 9.17) is 15.7 Å². The molecule has 0 aliphatic heterocycles. The first-order chi connectivity index (χ1) is 9.26. The number of hydrogen-bond acceptors (Lipinski definition) is 4. The highest BCUT2D eigenvalue weighted by molar-refractivity contribution is 5.99. The zero-order valence-electron chi connectivity index (χ0n) is 10.2. The van der Waals surface area contributed by atoms with Crippen molar-refractivity contribution in [1.29, 1.82) is 0 Å². The van der Waals surface area contributed by atoms with Gasteiger partial charge in [-0.25, -0.2) is 0 Å². The van der Waals surface area contributed by atoms with Crippen molar-refractivity contribution in [2.75, 3.05) is 0 Å². The second-order valence-corrected chi connectivity index (χ2v) is 3.85. The number of ether oxygens (including phenoxy) is 1. The lowest BCUT2D eigenvalue weighted by Crippen LogP contribution is -2.14. The van der Waals surface area contributed by atoms with Gasteiger partial charge in [0.15, 0.2) is 5.84 Å². The van der Waals surface area contributed by atoms with Crippen LogP contribution in [-0.4, -0.2) is 16.1 Å². The molecule has 0 heterocycles. The molecule has 0 unspecified atom stereocenters. The maximum atomic E-state index is 9.25. The summed E-state index contributed by atoms with van der Waals surface area (Å²) in [5, 5.41) is 21.0. The van der Waals surface area contributed by atoms with E-state index in [-0.39, 0.29) is 12.4 Å². The number of hydrogen-bond donors (Lipinski definition) is 3. The fourth-order valence-corrected chi connectivity index (χ4v) is 1.67. The molecule has 5 heteroatoms. The van der Waals surface area contributed by atoms with Crippen molar-refractivity contribution in [3.8, 4) is 11.5 Å². The van der Waals surface area contributed by atoms with Gasteiger partial charge < -0.3 is 20.8 Å². The Morgan fingerprint density at radius 1 is 1.05 bits per heavy atom. The number of nitrogens with two attached hydrogens (primary N) is 1. The summed E-state index contributed by atoms with van der Waals surface area (Å²) >= 11 is 0. The predicted octanol–water partition coefficient (Wildman–Crippen LogP) is 2.07. The van der Waals surface area contributed by atoms with E-state index in [0.29, 0.717) is 22.6 Å². The molecule has 5 nitrogen and oxygen atoms in total. The number of benzene rings is 2. The van der Waals surface area contributed by atoms with Crippen LogP contribution in [-0.2, 0) is 6.61 Å². The summed E-state index contributed by atoms with van der Waals surface area (Å²) < 4.78 is 5.72. The Kier molecular flexibility index (Phi) is 4.00. The smallest absolute Gasteiger partial charge is 0.173 e. The van der Waals surface area contributed by atoms with Crippen molar-refractivity contribution in [1.82, 2.24) is 0 Å². The molecule has 0 fully saturated rings. The predicted molar refractivity (Wildman–Crippen MR) is 71.4 cm³/mol. The van der Waals surface area contributed by atoms with Crippen molar-refractivity contribution >= 4 is 5.84 Å². The van der Waals surface area contributed by atoms with E-state index >= 15 is 0 Å². The number of oxime groups is 1. The monoisotopic (exact) mass is 258 g/mol. The van der Waals surface area contributed by atoms with Gasteiger partial charge in [0.05, 0.1) is 12.2 Å². The molecule has 0 aromatic heterocycles. The van der Waals surface area contributed by atoms with Crippen LogP contribution in [0.4, 0.5) is 0 Å². The molecule has 0 saturated heterocycles. The molecule has 4 N–H and O–H groups in total.